The van der Waals surface area contributed by atoms with Crippen LogP contribution in [0.2, 0.25) is 0 Å². The molecule has 0 radical (unpaired) electrons. The van der Waals surface area contributed by atoms with Gasteiger partial charge in [-0.25, -0.2) is 9.59 Å². The van der Waals surface area contributed by atoms with Crippen molar-refractivity contribution in [2.24, 2.45) is 5.92 Å². The van der Waals surface area contributed by atoms with Crippen LogP contribution in [0.3, 0.4) is 0 Å². The lowest BCUT2D eigenvalue weighted by Crippen LogP contribution is -2.54. The van der Waals surface area contributed by atoms with E-state index in [2.05, 4.69) is 0 Å². The van der Waals surface area contributed by atoms with Crippen LogP contribution in [0.15, 0.2) is 0 Å². The number of carboxylic acid groups (broad SMARTS) is 1. The first-order valence-corrected chi connectivity index (χ1v) is 7.94. The van der Waals surface area contributed by atoms with Crippen LogP contribution in [0.1, 0.15) is 38.5 Å². The monoisotopic (exact) mass is 296 g/mol. The summed E-state index contributed by atoms with van der Waals surface area (Å²) >= 11 is 0. The number of likely N-dealkylation sites (tertiary alicyclic amines) is 2. The molecule has 2 saturated heterocycles. The maximum atomic E-state index is 12.9. The summed E-state index contributed by atoms with van der Waals surface area (Å²) in [5.41, 5.74) is 0. The van der Waals surface area contributed by atoms with Crippen LogP contribution in [0.25, 0.3) is 0 Å². The van der Waals surface area contributed by atoms with E-state index in [4.69, 9.17) is 4.74 Å². The summed E-state index contributed by atoms with van der Waals surface area (Å²) in [5.74, 6) is -0.310. The van der Waals surface area contributed by atoms with Gasteiger partial charge in [-0.05, 0) is 31.6 Å². The molecular weight excluding hydrogens is 272 g/mol. The highest BCUT2D eigenvalue weighted by molar-refractivity contribution is 5.83. The number of ether oxygens (including phenoxy) is 1. The number of hydrogen-bond acceptors (Lipinski definition) is 3. The van der Waals surface area contributed by atoms with Gasteiger partial charge in [0.15, 0.2) is 0 Å². The molecule has 2 heterocycles. The van der Waals surface area contributed by atoms with Gasteiger partial charge in [0.2, 0.25) is 0 Å². The largest absolute Gasteiger partial charge is 0.480 e. The lowest BCUT2D eigenvalue weighted by molar-refractivity contribution is -0.141. The average molecular weight is 296 g/mol. The second-order valence-electron chi connectivity index (χ2n) is 6.48. The molecule has 2 aliphatic heterocycles. The molecular formula is C15H24N2O4. The highest BCUT2D eigenvalue weighted by atomic mass is 16.5. The van der Waals surface area contributed by atoms with Crippen LogP contribution in [0, 0.1) is 5.92 Å². The standard InChI is InChI=1S/C15H24N2O4/c1-21-11-8-13(14(18)19)17(9-11)15(20)16-7-3-5-10-4-2-6-12(10)16/h10-13H,2-9H2,1H3,(H,18,19). The summed E-state index contributed by atoms with van der Waals surface area (Å²) in [6.07, 6.45) is 5.91. The van der Waals surface area contributed by atoms with Crippen LogP contribution in [0.4, 0.5) is 4.79 Å². The van der Waals surface area contributed by atoms with Gasteiger partial charge in [0, 0.05) is 32.7 Å². The maximum Gasteiger partial charge on any atom is 0.326 e. The van der Waals surface area contributed by atoms with Crippen molar-refractivity contribution in [2.45, 2.75) is 56.7 Å². The Balaban J connectivity index is 1.75. The van der Waals surface area contributed by atoms with Crippen molar-refractivity contribution in [3.05, 3.63) is 0 Å². The number of fused-ring (bicyclic) bond motifs is 1. The molecule has 4 atom stereocenters. The third-order valence-electron chi connectivity index (χ3n) is 5.37. The molecule has 3 rings (SSSR count). The summed E-state index contributed by atoms with van der Waals surface area (Å²) < 4.78 is 5.27. The summed E-state index contributed by atoms with van der Waals surface area (Å²) in [7, 11) is 1.57. The Bertz CT molecular complexity index is 428. The van der Waals surface area contributed by atoms with Crippen molar-refractivity contribution in [3.8, 4) is 0 Å². The summed E-state index contributed by atoms with van der Waals surface area (Å²) in [5, 5.41) is 9.36. The second-order valence-corrected chi connectivity index (χ2v) is 6.48. The molecule has 6 heteroatoms. The van der Waals surface area contributed by atoms with Gasteiger partial charge in [-0.1, -0.05) is 6.42 Å². The molecule has 1 aliphatic carbocycles. The molecule has 3 aliphatic rings. The van der Waals surface area contributed by atoms with Gasteiger partial charge >= 0.3 is 12.0 Å². The van der Waals surface area contributed by atoms with Crippen molar-refractivity contribution in [1.29, 1.82) is 0 Å². The third kappa shape index (κ3) is 2.61. The molecule has 0 bridgehead atoms. The van der Waals surface area contributed by atoms with Crippen LogP contribution < -0.4 is 0 Å². The highest BCUT2D eigenvalue weighted by Crippen LogP contribution is 2.37. The molecule has 21 heavy (non-hydrogen) atoms. The van der Waals surface area contributed by atoms with Crippen molar-refractivity contribution in [1.82, 2.24) is 9.80 Å². The van der Waals surface area contributed by atoms with Gasteiger partial charge in [0.1, 0.15) is 6.04 Å². The SMILES string of the molecule is COC1CC(C(=O)O)N(C(=O)N2CCCC3CCCC32)C1. The number of rotatable bonds is 2. The van der Waals surface area contributed by atoms with E-state index in [1.165, 1.54) is 24.2 Å². The first-order valence-electron chi connectivity index (χ1n) is 7.94. The van der Waals surface area contributed by atoms with E-state index in [0.29, 0.717) is 24.9 Å². The Morgan fingerprint density at radius 3 is 2.62 bits per heavy atom. The fourth-order valence-corrected chi connectivity index (χ4v) is 4.27. The molecule has 118 valence electrons. The minimum atomic E-state index is -0.928. The van der Waals surface area contributed by atoms with Crippen molar-refractivity contribution in [2.75, 3.05) is 20.2 Å². The van der Waals surface area contributed by atoms with Crippen LogP contribution in [-0.4, -0.2) is 65.3 Å². The van der Waals surface area contributed by atoms with Gasteiger partial charge < -0.3 is 19.6 Å². The number of nitrogens with zero attached hydrogens (tertiary/aromatic N) is 2. The lowest BCUT2D eigenvalue weighted by Gasteiger charge is -2.40. The molecule has 0 aromatic heterocycles. The van der Waals surface area contributed by atoms with Crippen molar-refractivity contribution < 1.29 is 19.4 Å². The zero-order valence-corrected chi connectivity index (χ0v) is 12.5. The fourth-order valence-electron chi connectivity index (χ4n) is 4.27. The summed E-state index contributed by atoms with van der Waals surface area (Å²) in [6.45, 7) is 1.15. The van der Waals surface area contributed by atoms with Gasteiger partial charge in [0.05, 0.1) is 6.10 Å². The van der Waals surface area contributed by atoms with Crippen molar-refractivity contribution >= 4 is 12.0 Å². The summed E-state index contributed by atoms with van der Waals surface area (Å²) in [6, 6.07) is -0.523. The predicted molar refractivity (Wildman–Crippen MR) is 76.0 cm³/mol. The van der Waals surface area contributed by atoms with Gasteiger partial charge in [-0.2, -0.15) is 0 Å². The Morgan fingerprint density at radius 2 is 1.90 bits per heavy atom. The number of urea groups is 1. The van der Waals surface area contributed by atoms with Gasteiger partial charge in [0.25, 0.3) is 0 Å². The van der Waals surface area contributed by atoms with Gasteiger partial charge in [-0.3, -0.25) is 0 Å². The molecule has 4 unspecified atom stereocenters. The number of carboxylic acids is 1. The van der Waals surface area contributed by atoms with E-state index in [0.717, 1.165) is 19.4 Å². The number of piperidine rings is 1. The minimum absolute atomic E-state index is 0.0986. The summed E-state index contributed by atoms with van der Waals surface area (Å²) in [4.78, 5) is 27.7. The molecule has 3 fully saturated rings. The predicted octanol–water partition coefficient (Wildman–Crippen LogP) is 1.54. The first kappa shape index (κ1) is 14.6. The Kier molecular flexibility index (Phi) is 4.06. The number of hydrogen-bond donors (Lipinski definition) is 1. The van der Waals surface area contributed by atoms with Crippen LogP contribution >= 0.6 is 0 Å². The van der Waals surface area contributed by atoms with Crippen LogP contribution in [-0.2, 0) is 9.53 Å². The zero-order valence-electron chi connectivity index (χ0n) is 12.5. The smallest absolute Gasteiger partial charge is 0.326 e. The van der Waals surface area contributed by atoms with E-state index in [9.17, 15) is 14.7 Å². The maximum absolute atomic E-state index is 12.9. The number of amides is 2. The average Bonchev–Trinajstić information content (AvgIpc) is 3.12. The number of carbonyl (C=O) groups is 2. The van der Waals surface area contributed by atoms with Gasteiger partial charge in [-0.15, -0.1) is 0 Å². The Labute approximate surface area is 125 Å². The molecule has 2 amide bonds. The Morgan fingerprint density at radius 1 is 1.14 bits per heavy atom. The van der Waals surface area contributed by atoms with E-state index in [1.54, 1.807) is 7.11 Å². The third-order valence-corrected chi connectivity index (χ3v) is 5.37. The number of methoxy groups -OCH3 is 1. The Hall–Kier alpha value is -1.30. The second kappa shape index (κ2) is 5.83. The number of aliphatic carboxylic acids is 1. The van der Waals surface area contributed by atoms with E-state index in [-0.39, 0.29) is 12.1 Å². The van der Waals surface area contributed by atoms with E-state index < -0.39 is 12.0 Å². The first-order chi connectivity index (χ1) is 10.1. The van der Waals surface area contributed by atoms with Crippen LogP contribution in [0.5, 0.6) is 0 Å². The number of carbonyl (C=O) groups excluding carboxylic acids is 1. The molecule has 1 saturated carbocycles. The molecule has 0 aromatic rings. The lowest BCUT2D eigenvalue weighted by atomic mass is 9.92. The molecule has 0 spiro atoms. The quantitative estimate of drug-likeness (QED) is 0.839. The molecule has 0 aromatic carbocycles. The molecule has 6 nitrogen and oxygen atoms in total. The normalized spacial score (nSPS) is 35.9. The minimum Gasteiger partial charge on any atom is -0.480 e. The van der Waals surface area contributed by atoms with Crippen molar-refractivity contribution in [3.63, 3.8) is 0 Å². The molecule has 1 N–H and O–H groups in total. The van der Waals surface area contributed by atoms with E-state index >= 15 is 0 Å². The fraction of sp³-hybridized carbons (Fsp3) is 0.867. The highest BCUT2D eigenvalue weighted by Gasteiger charge is 2.45. The zero-order chi connectivity index (χ0) is 15.0. The topological polar surface area (TPSA) is 70.1 Å². The van der Waals surface area contributed by atoms with E-state index in [1.807, 2.05) is 4.90 Å².